The van der Waals surface area contributed by atoms with Crippen LogP contribution in [0.2, 0.25) is 0 Å². The van der Waals surface area contributed by atoms with E-state index >= 15 is 0 Å². The van der Waals surface area contributed by atoms with Gasteiger partial charge in [-0.3, -0.25) is 57.5 Å². The van der Waals surface area contributed by atoms with Crippen molar-refractivity contribution in [2.24, 2.45) is 35.5 Å². The summed E-state index contributed by atoms with van der Waals surface area (Å²) in [6, 6.07) is 0.962. The third-order valence-corrected chi connectivity index (χ3v) is 21.9. The summed E-state index contributed by atoms with van der Waals surface area (Å²) in [5.74, 6) is -37.0. The van der Waals surface area contributed by atoms with Crippen molar-refractivity contribution in [3.63, 3.8) is 0 Å². The number of nitrogens with one attached hydrogen (secondary N) is 10. The normalized spacial score (nSPS) is 25.2. The van der Waals surface area contributed by atoms with E-state index in [0.29, 0.717) is 0 Å². The number of ether oxygens (including phenoxy) is 1. The summed E-state index contributed by atoms with van der Waals surface area (Å²) in [4.78, 5) is 169. The fourth-order valence-electron chi connectivity index (χ4n) is 14.4. The van der Waals surface area contributed by atoms with E-state index in [1.807, 2.05) is 0 Å². The fourth-order valence-corrected chi connectivity index (χ4v) is 14.4. The van der Waals surface area contributed by atoms with Crippen LogP contribution in [-0.4, -0.2) is 219 Å². The average Bonchev–Trinajstić information content (AvgIpc) is 1.05. The number of amides is 11. The largest absolute Gasteiger partial charge is 0.507 e. The number of pyridine rings is 3. The molecule has 3 saturated heterocycles. The SMILES string of the molecule is CC(C)CC1C(=O)N[C@H](C)[C@H](NC(=O)c2ccccc2O)C(=O)N[C@@H](Cc2c(F)nc(F)c(F)c2F)[C@@H](O)[C@@H](C)C(=O)N1C.CC(C)CC1NC(=O)[C@H](C)[C@H](O)[C@H](Cc2c(F)nc(F)c(F)c2F)NC(=O)[C@@H](NC(=O)c2ccccc2O)[C@@H](C)NC1=O.Cc1nc(F)c(F)c(F)c1C[C@@H]1NC(=O)[C@@H](NC(=O)c2ccccc2O)[C@@H](C)NC(=O)C(CC(C)C)OC(=O)[C@H](C)[C@@H]1O. The van der Waals surface area contributed by atoms with Crippen LogP contribution < -0.4 is 53.2 Å². The summed E-state index contributed by atoms with van der Waals surface area (Å²) in [5, 5.41) is 88.6. The van der Waals surface area contributed by atoms with Crippen molar-refractivity contribution in [3.8, 4) is 17.2 Å². The van der Waals surface area contributed by atoms with Crippen LogP contribution in [0.1, 0.15) is 156 Å². The predicted octanol–water partition coefficient (Wildman–Crippen LogP) is 4.59. The Morgan fingerprint density at radius 1 is 0.400 bits per heavy atom. The number of aliphatic hydroxyl groups excluding tert-OH is 3. The molecule has 0 spiro atoms. The van der Waals surface area contributed by atoms with Gasteiger partial charge in [-0.05, 0) is 114 Å². The number of phenols is 3. The lowest BCUT2D eigenvalue weighted by molar-refractivity contribution is -0.165. The molecule has 18 atom stereocenters. The van der Waals surface area contributed by atoms with E-state index in [9.17, 15) is 136 Å². The van der Waals surface area contributed by atoms with Crippen LogP contribution in [0.15, 0.2) is 72.8 Å². The van der Waals surface area contributed by atoms with Gasteiger partial charge < -0.3 is 93.4 Å². The molecule has 0 aliphatic carbocycles. The van der Waals surface area contributed by atoms with Gasteiger partial charge in [0.25, 0.3) is 41.5 Å². The molecule has 6 aromatic rings. The van der Waals surface area contributed by atoms with Crippen LogP contribution in [0, 0.1) is 107 Å². The molecule has 33 nitrogen and oxygen atoms in total. The van der Waals surface area contributed by atoms with E-state index in [1.165, 1.54) is 128 Å². The quantitative estimate of drug-likeness (QED) is 0.0318. The molecular weight excluding hydrogens is 1740 g/mol. The molecule has 9 rings (SSSR count). The minimum Gasteiger partial charge on any atom is -0.507 e. The summed E-state index contributed by atoms with van der Waals surface area (Å²) in [5.41, 5.74) is -3.56. The number of nitrogens with zero attached hydrogens (tertiary/aromatic N) is 4. The first-order chi connectivity index (χ1) is 60.8. The molecule has 11 amide bonds. The molecule has 3 unspecified atom stereocenters. The number of cyclic esters (lactones) is 1. The topological polar surface area (TPSA) is 498 Å². The fraction of sp³-hybridized carbons (Fsp3) is 0.477. The van der Waals surface area contributed by atoms with Gasteiger partial charge in [0.05, 0.1) is 89.0 Å². The highest BCUT2D eigenvalue weighted by atomic mass is 19.2. The molecule has 130 heavy (non-hydrogen) atoms. The second-order valence-corrected chi connectivity index (χ2v) is 33.1. The molecule has 0 radical (unpaired) electrons. The number of phenolic OH excluding ortho intramolecular Hbond substituents is 3. The molecule has 708 valence electrons. The lowest BCUT2D eigenvalue weighted by Crippen LogP contribution is -2.64. The highest BCUT2D eigenvalue weighted by Gasteiger charge is 2.46. The van der Waals surface area contributed by atoms with Crippen molar-refractivity contribution in [1.29, 1.82) is 0 Å². The summed E-state index contributed by atoms with van der Waals surface area (Å²) in [6.45, 7) is 19.8. The van der Waals surface area contributed by atoms with E-state index in [1.54, 1.807) is 41.5 Å². The van der Waals surface area contributed by atoms with Crippen molar-refractivity contribution in [1.82, 2.24) is 73.0 Å². The van der Waals surface area contributed by atoms with E-state index in [-0.39, 0.29) is 65.1 Å². The zero-order valence-electron chi connectivity index (χ0n) is 72.7. The highest BCUT2D eigenvalue weighted by Crippen LogP contribution is 2.30. The number of aromatic hydroxyl groups is 3. The minimum atomic E-state index is -2.09. The number of esters is 1. The van der Waals surface area contributed by atoms with Crippen molar-refractivity contribution in [2.45, 2.75) is 219 Å². The Morgan fingerprint density at radius 3 is 1.11 bits per heavy atom. The van der Waals surface area contributed by atoms with Crippen LogP contribution in [0.5, 0.6) is 17.2 Å². The minimum absolute atomic E-state index is 0.0859. The monoisotopic (exact) mass is 1840 g/mol. The maximum absolute atomic E-state index is 14.8. The molecule has 3 aliphatic heterocycles. The number of aryl methyl sites for hydroxylation is 1. The maximum atomic E-state index is 14.8. The second kappa shape index (κ2) is 45.5. The third kappa shape index (κ3) is 26.1. The zero-order chi connectivity index (χ0) is 97.4. The van der Waals surface area contributed by atoms with Gasteiger partial charge >= 0.3 is 5.97 Å². The van der Waals surface area contributed by atoms with Crippen molar-refractivity contribution >= 4 is 70.9 Å². The molecule has 3 aliphatic rings. The first-order valence-corrected chi connectivity index (χ1v) is 41.1. The molecule has 3 aromatic carbocycles. The molecule has 6 heterocycles. The lowest BCUT2D eigenvalue weighted by Gasteiger charge is -2.37. The summed E-state index contributed by atoms with van der Waals surface area (Å²) < 4.78 is 161. The van der Waals surface area contributed by atoms with E-state index in [4.69, 9.17) is 4.74 Å². The van der Waals surface area contributed by atoms with Gasteiger partial charge in [0.1, 0.15) is 47.5 Å². The number of benzene rings is 3. The number of carbonyl (C=O) groups is 12. The Morgan fingerprint density at radius 2 is 0.731 bits per heavy atom. The van der Waals surface area contributed by atoms with Gasteiger partial charge in [0.15, 0.2) is 23.6 Å². The number of likely N-dealkylation sites (N-methyl/N-ethyl adjacent to an activating group) is 1. The number of hydrogen-bond acceptors (Lipinski definition) is 22. The number of rotatable bonds is 18. The number of aromatic nitrogens is 3. The van der Waals surface area contributed by atoms with Crippen molar-refractivity contribution < 1.29 is 141 Å². The standard InChI is InChI=1S/C29H35F4N5O6.C29H35F3N4O7.C28H33F4N5O6/c1-12(2)10-18-27(42)34-14(4)22(36-26(41)15-8-6-7-9-19(15)39)28(43)35-17(23(40)13(3)29(44)38(18)5)11-16-20(30)21(31)25(33)37-24(16)32;1-12(2)10-20-27(40)34-15(5)23(36-26(39)16-8-6-7-9-19(16)37)28(41)35-18(24(38)13(3)29(42)43-20)11-17-14(4)33-25(32)22(31)21(17)30;1-11(2)9-17-27(42)33-13(4)21(36-26(41)14-7-5-6-8-18(14)38)28(43)34-16(22(39)12(3)25(40)35-17)10-15-19(29)20(30)24(32)37-23(15)31/h6-9,12-14,17-18,22-23,39-40H,10-11H2,1-5H3,(H,34,42)(H,35,43)(H,36,41);6-9,12-13,15,18,20,23-24,37-38H,10-11H2,1-5H3,(H,34,40)(H,35,41)(H,36,39);5-8,11-13,16-17,21-22,38-39H,9-10H2,1-4H3,(H,33,42)(H,34,43)(H,35,40)(H,36,41)/t13-,14-,17+,18?,22+,23+;13-,15-,18+,20?,23+,24+;12-,13-,16+,17?,21+,22+/m111/s1. The molecular formula is C86H103F11N14O19. The summed E-state index contributed by atoms with van der Waals surface area (Å²) in [7, 11) is 1.33. The molecule has 3 aromatic heterocycles. The average molecular weight is 1850 g/mol. The van der Waals surface area contributed by atoms with Crippen LogP contribution in [0.25, 0.3) is 0 Å². The number of hydrogen-bond donors (Lipinski definition) is 16. The van der Waals surface area contributed by atoms with Gasteiger partial charge in [0, 0.05) is 42.3 Å². The van der Waals surface area contributed by atoms with Gasteiger partial charge in [-0.1, -0.05) is 91.8 Å². The second-order valence-electron chi connectivity index (χ2n) is 33.1. The number of para-hydroxylation sites is 3. The molecule has 3 fully saturated rings. The van der Waals surface area contributed by atoms with Gasteiger partial charge in [0.2, 0.25) is 70.7 Å². The van der Waals surface area contributed by atoms with E-state index < -0.39 is 292 Å². The lowest BCUT2D eigenvalue weighted by atomic mass is 9.90. The van der Waals surface area contributed by atoms with Crippen LogP contribution >= 0.6 is 0 Å². The van der Waals surface area contributed by atoms with Crippen LogP contribution in [0.3, 0.4) is 0 Å². The van der Waals surface area contributed by atoms with E-state index in [0.717, 1.165) is 4.90 Å². The Labute approximate surface area is 738 Å². The Hall–Kier alpha value is -12.7. The van der Waals surface area contributed by atoms with Gasteiger partial charge in [-0.25, -0.2) is 18.2 Å². The number of aliphatic hydroxyl groups is 3. The first kappa shape index (κ1) is 104. The van der Waals surface area contributed by atoms with E-state index in [2.05, 4.69) is 68.1 Å². The maximum Gasteiger partial charge on any atom is 0.312 e. The smallest absolute Gasteiger partial charge is 0.312 e. The Bertz CT molecular complexity index is 4990. The van der Waals surface area contributed by atoms with Crippen LogP contribution in [-0.2, 0) is 67.2 Å². The van der Waals surface area contributed by atoms with Crippen LogP contribution in [0.4, 0.5) is 48.3 Å². The van der Waals surface area contributed by atoms with Crippen molar-refractivity contribution in [2.75, 3.05) is 7.05 Å². The van der Waals surface area contributed by atoms with Gasteiger partial charge in [-0.2, -0.15) is 45.1 Å². The number of carbonyl (C=O) groups excluding carboxylic acids is 12. The molecule has 0 saturated carbocycles. The molecule has 44 heteroatoms. The van der Waals surface area contributed by atoms with Crippen molar-refractivity contribution in [3.05, 3.63) is 177 Å². The summed E-state index contributed by atoms with van der Waals surface area (Å²) in [6.07, 6.45) is -9.07. The number of halogens is 11. The summed E-state index contributed by atoms with van der Waals surface area (Å²) >= 11 is 0. The third-order valence-electron chi connectivity index (χ3n) is 21.9. The molecule has 0 bridgehead atoms. The molecule has 16 N–H and O–H groups in total. The Kier molecular flexibility index (Phi) is 36.5. The first-order valence-electron chi connectivity index (χ1n) is 41.1. The predicted molar refractivity (Wildman–Crippen MR) is 437 cm³/mol. The zero-order valence-corrected chi connectivity index (χ0v) is 72.7. The van der Waals surface area contributed by atoms with Gasteiger partial charge in [-0.15, -0.1) is 0 Å². The Balaban J connectivity index is 0.000000267. The highest BCUT2D eigenvalue weighted by molar-refractivity contribution is 6.02.